The second-order valence-electron chi connectivity index (χ2n) is 11.6. The predicted octanol–water partition coefficient (Wildman–Crippen LogP) is -1.35. The molecule has 3 aliphatic rings. The number of carbonyl (C=O) groups is 1. The number of nitrogen functional groups attached to an aromatic ring is 1. The van der Waals surface area contributed by atoms with Gasteiger partial charge in [-0.05, 0) is 44.6 Å². The summed E-state index contributed by atoms with van der Waals surface area (Å²) >= 11 is 7.49. The topological polar surface area (TPSA) is 257 Å². The summed E-state index contributed by atoms with van der Waals surface area (Å²) in [5.41, 5.74) is 3.56. The monoisotopic (exact) mass is 715 g/mol. The Hall–Kier alpha value is -1.38. The van der Waals surface area contributed by atoms with Crippen LogP contribution in [0.2, 0.25) is 0 Å². The van der Waals surface area contributed by atoms with Crippen LogP contribution in [-0.4, -0.2) is 126 Å². The minimum Gasteiger partial charge on any atom is -0.387 e. The van der Waals surface area contributed by atoms with Crippen molar-refractivity contribution >= 4 is 42.9 Å². The van der Waals surface area contributed by atoms with Gasteiger partial charge < -0.3 is 51.2 Å². The van der Waals surface area contributed by atoms with E-state index >= 15 is 0 Å². The van der Waals surface area contributed by atoms with Gasteiger partial charge in [-0.15, -0.1) is 23.4 Å². The van der Waals surface area contributed by atoms with Crippen LogP contribution in [0.25, 0.3) is 0 Å². The van der Waals surface area contributed by atoms with E-state index in [4.69, 9.17) is 35.9 Å². The number of nitrogens with two attached hydrogens (primary N) is 1. The molecule has 3 fully saturated rings. The summed E-state index contributed by atoms with van der Waals surface area (Å²) in [6.07, 6.45) is -7.21. The summed E-state index contributed by atoms with van der Waals surface area (Å²) in [6.45, 7) is 3.52. The molecule has 17 nitrogen and oxygen atoms in total. The van der Waals surface area contributed by atoms with E-state index in [9.17, 15) is 39.5 Å². The molecule has 14 atom stereocenters. The van der Waals surface area contributed by atoms with Crippen LogP contribution in [0.1, 0.15) is 39.3 Å². The maximum Gasteiger partial charge on any atom is 0.472 e. The van der Waals surface area contributed by atoms with Gasteiger partial charge in [-0.25, -0.2) is 9.36 Å². The quantitative estimate of drug-likeness (QED) is 0.0919. The van der Waals surface area contributed by atoms with Crippen molar-refractivity contribution in [2.24, 2.45) is 5.92 Å². The molecule has 0 aliphatic carbocycles. The second kappa shape index (κ2) is 15.9. The van der Waals surface area contributed by atoms with E-state index < -0.39 is 92.0 Å². The van der Waals surface area contributed by atoms with Crippen molar-refractivity contribution in [1.29, 1.82) is 0 Å². The number of nitrogens with one attached hydrogen (secondary N) is 2. The summed E-state index contributed by atoms with van der Waals surface area (Å²) < 4.78 is 35.7. The molecule has 262 valence electrons. The van der Waals surface area contributed by atoms with Crippen LogP contribution >= 0.6 is 31.2 Å². The van der Waals surface area contributed by atoms with Crippen molar-refractivity contribution < 1.29 is 53.2 Å². The molecule has 4 heterocycles. The number of alkyl halides is 1. The van der Waals surface area contributed by atoms with Crippen molar-refractivity contribution in [2.45, 2.75) is 105 Å². The van der Waals surface area contributed by atoms with E-state index in [0.717, 1.165) is 29.2 Å². The zero-order chi connectivity index (χ0) is 33.9. The summed E-state index contributed by atoms with van der Waals surface area (Å²) in [4.78, 5) is 39.5. The third-order valence-corrected chi connectivity index (χ3v) is 10.6. The molecule has 0 spiro atoms. The standard InChI is InChI=1S/C26H43ClN5O12PS/c1-4-12-5-7-29-13(9-12)23(37)31-16(11(2)27)21-19(35)22(20(36)25(43-21)46-3)44-45(39,40)41-10-14-17(33)18(34)24(42-14)32-8-6-15(28)30-26(32)38/h6,8,11-14,16-22,24-25,29,33-36H,4-5,7,9-10H2,1-3H3,(H,31,37)(H,39,40)(H2,28,30,38). The molecule has 0 radical (unpaired) electrons. The van der Waals surface area contributed by atoms with Gasteiger partial charge in [0.1, 0.15) is 54.0 Å². The molecule has 1 amide bonds. The van der Waals surface area contributed by atoms with Crippen LogP contribution < -0.4 is 22.1 Å². The molecule has 46 heavy (non-hydrogen) atoms. The lowest BCUT2D eigenvalue weighted by atomic mass is 9.89. The molecule has 1 aromatic heterocycles. The maximum atomic E-state index is 13.2. The van der Waals surface area contributed by atoms with Crippen LogP contribution in [0.15, 0.2) is 17.1 Å². The van der Waals surface area contributed by atoms with Crippen LogP contribution in [0, 0.1) is 5.92 Å². The number of hydrogen-bond acceptors (Lipinski definition) is 15. The van der Waals surface area contributed by atoms with Gasteiger partial charge in [0, 0.05) is 6.20 Å². The van der Waals surface area contributed by atoms with Gasteiger partial charge in [0.15, 0.2) is 6.23 Å². The van der Waals surface area contributed by atoms with Crippen molar-refractivity contribution in [3.8, 4) is 0 Å². The highest BCUT2D eigenvalue weighted by Crippen LogP contribution is 2.48. The first-order chi connectivity index (χ1) is 21.7. The van der Waals surface area contributed by atoms with Gasteiger partial charge in [0.25, 0.3) is 0 Å². The summed E-state index contributed by atoms with van der Waals surface area (Å²) in [5.74, 6) is -0.0496. The minimum atomic E-state index is -5.10. The van der Waals surface area contributed by atoms with E-state index in [0.29, 0.717) is 18.9 Å². The molecule has 3 saturated heterocycles. The normalized spacial score (nSPS) is 37.7. The number of phosphoric acid groups is 1. The number of aromatic nitrogens is 2. The Morgan fingerprint density at radius 1 is 1.28 bits per heavy atom. The molecule has 3 aliphatic heterocycles. The number of hydrogen-bond donors (Lipinski definition) is 8. The molecule has 20 heteroatoms. The average molecular weight is 716 g/mol. The van der Waals surface area contributed by atoms with Gasteiger partial charge in [0.05, 0.1) is 24.1 Å². The number of aliphatic hydroxyl groups is 4. The van der Waals surface area contributed by atoms with Gasteiger partial charge >= 0.3 is 13.5 Å². The smallest absolute Gasteiger partial charge is 0.387 e. The van der Waals surface area contributed by atoms with Crippen molar-refractivity contribution in [3.05, 3.63) is 22.7 Å². The van der Waals surface area contributed by atoms with Crippen molar-refractivity contribution in [1.82, 2.24) is 20.2 Å². The van der Waals surface area contributed by atoms with Crippen molar-refractivity contribution in [2.75, 3.05) is 25.1 Å². The minimum absolute atomic E-state index is 0.0727. The highest BCUT2D eigenvalue weighted by Gasteiger charge is 2.52. The van der Waals surface area contributed by atoms with Crippen molar-refractivity contribution in [3.63, 3.8) is 0 Å². The lowest BCUT2D eigenvalue weighted by Crippen LogP contribution is -2.65. The van der Waals surface area contributed by atoms with Crippen LogP contribution in [0.3, 0.4) is 0 Å². The van der Waals surface area contributed by atoms with Gasteiger partial charge in [-0.1, -0.05) is 13.3 Å². The Morgan fingerprint density at radius 3 is 2.63 bits per heavy atom. The highest BCUT2D eigenvalue weighted by molar-refractivity contribution is 7.99. The fraction of sp³-hybridized carbons (Fsp3) is 0.808. The second-order valence-corrected chi connectivity index (χ2v) is 14.7. The predicted molar refractivity (Wildman–Crippen MR) is 166 cm³/mol. The number of thioether (sulfide) groups is 1. The fourth-order valence-corrected chi connectivity index (χ4v) is 7.67. The summed E-state index contributed by atoms with van der Waals surface area (Å²) in [6, 6.07) is -0.205. The number of nitrogens with zero attached hydrogens (tertiary/aromatic N) is 2. The number of carbonyl (C=O) groups excluding carboxylic acids is 1. The molecular weight excluding hydrogens is 673 g/mol. The molecular formula is C26H43ClN5O12PS. The zero-order valence-corrected chi connectivity index (χ0v) is 28.0. The largest absolute Gasteiger partial charge is 0.472 e. The Labute approximate surface area is 274 Å². The van der Waals surface area contributed by atoms with E-state index in [1.165, 1.54) is 12.3 Å². The Kier molecular flexibility index (Phi) is 12.9. The number of rotatable bonds is 12. The van der Waals surface area contributed by atoms with E-state index in [1.54, 1.807) is 13.2 Å². The number of phosphoric ester groups is 1. The van der Waals surface area contributed by atoms with Crippen LogP contribution in [-0.2, 0) is 27.9 Å². The van der Waals surface area contributed by atoms with E-state index in [-0.39, 0.29) is 11.7 Å². The third-order valence-electron chi connectivity index (χ3n) is 8.50. The zero-order valence-electron chi connectivity index (χ0n) is 25.5. The number of piperidine rings is 1. The third kappa shape index (κ3) is 8.61. The molecule has 4 rings (SSSR count). The molecule has 14 unspecified atom stereocenters. The highest BCUT2D eigenvalue weighted by atomic mass is 35.5. The van der Waals surface area contributed by atoms with Gasteiger partial charge in [0.2, 0.25) is 5.91 Å². The Bertz CT molecular complexity index is 1300. The number of aliphatic hydroxyl groups excluding tert-OH is 4. The first-order valence-electron chi connectivity index (χ1n) is 14.9. The number of halogens is 1. The Balaban J connectivity index is 1.44. The van der Waals surface area contributed by atoms with Gasteiger partial charge in [-0.3, -0.25) is 18.4 Å². The lowest BCUT2D eigenvalue weighted by molar-refractivity contribution is -0.202. The SMILES string of the molecule is CCC1CCNC(C(=O)NC(C(C)Cl)C2OC(SC)C(O)C(OP(=O)(O)OCC3OC(n4ccc(N)nc4=O)C(O)C3O)C2O)C1. The first kappa shape index (κ1) is 37.4. The van der Waals surface area contributed by atoms with E-state index in [2.05, 4.69) is 22.5 Å². The van der Waals surface area contributed by atoms with Gasteiger partial charge in [-0.2, -0.15) is 4.98 Å². The number of ether oxygens (including phenoxy) is 2. The molecule has 0 aromatic carbocycles. The fourth-order valence-electron chi connectivity index (χ4n) is 5.83. The van der Waals surface area contributed by atoms with Crippen LogP contribution in [0.5, 0.6) is 0 Å². The average Bonchev–Trinajstić information content (AvgIpc) is 3.29. The van der Waals surface area contributed by atoms with Crippen LogP contribution in [0.4, 0.5) is 5.82 Å². The first-order valence-corrected chi connectivity index (χ1v) is 18.1. The molecule has 0 saturated carbocycles. The summed E-state index contributed by atoms with van der Waals surface area (Å²) in [7, 11) is -5.10. The molecule has 9 N–H and O–H groups in total. The molecule has 1 aromatic rings. The number of anilines is 1. The number of amides is 1. The van der Waals surface area contributed by atoms with E-state index in [1.807, 2.05) is 0 Å². The lowest BCUT2D eigenvalue weighted by Gasteiger charge is -2.45. The summed E-state index contributed by atoms with van der Waals surface area (Å²) in [5, 5.41) is 48.4. The Morgan fingerprint density at radius 2 is 2.00 bits per heavy atom. The molecule has 0 bridgehead atoms. The maximum absolute atomic E-state index is 13.2.